The van der Waals surface area contributed by atoms with Gasteiger partial charge in [-0.3, -0.25) is 4.79 Å². The van der Waals surface area contributed by atoms with Crippen molar-refractivity contribution in [3.8, 4) is 6.07 Å². The van der Waals surface area contributed by atoms with Crippen molar-refractivity contribution in [3.63, 3.8) is 0 Å². The summed E-state index contributed by atoms with van der Waals surface area (Å²) in [5.41, 5.74) is -0.0960. The van der Waals surface area contributed by atoms with Gasteiger partial charge in [-0.1, -0.05) is 13.8 Å². The molecule has 2 N–H and O–H groups in total. The third kappa shape index (κ3) is 5.91. The quantitative estimate of drug-likeness (QED) is 0.561. The topological polar surface area (TPSA) is 103 Å². The predicted octanol–water partition coefficient (Wildman–Crippen LogP) is 1.12. The number of amides is 1. The second-order valence-corrected chi connectivity index (χ2v) is 6.32. The van der Waals surface area contributed by atoms with Gasteiger partial charge >= 0.3 is 5.97 Å². The van der Waals surface area contributed by atoms with Crippen LogP contribution < -0.4 is 5.32 Å². The van der Waals surface area contributed by atoms with Gasteiger partial charge in [-0.2, -0.15) is 5.26 Å². The second-order valence-electron chi connectivity index (χ2n) is 6.32. The highest BCUT2D eigenvalue weighted by atomic mass is 16.5. The van der Waals surface area contributed by atoms with E-state index in [9.17, 15) is 20.0 Å². The molecule has 1 fully saturated rings. The molecule has 7 heteroatoms. The molecule has 0 aliphatic carbocycles. The second kappa shape index (κ2) is 8.53. The van der Waals surface area contributed by atoms with Crippen LogP contribution in [0, 0.1) is 17.2 Å². The van der Waals surface area contributed by atoms with Crippen LogP contribution in [0.5, 0.6) is 0 Å². The van der Waals surface area contributed by atoms with Gasteiger partial charge in [0.2, 0.25) is 0 Å². The Morgan fingerprint density at radius 2 is 1.96 bits per heavy atom. The van der Waals surface area contributed by atoms with Crippen molar-refractivity contribution >= 4 is 11.9 Å². The van der Waals surface area contributed by atoms with Gasteiger partial charge in [0.15, 0.2) is 0 Å². The average molecular weight is 323 g/mol. The van der Waals surface area contributed by atoms with Gasteiger partial charge in [0.25, 0.3) is 5.91 Å². The molecule has 1 amide bonds. The molecule has 1 heterocycles. The van der Waals surface area contributed by atoms with Crippen molar-refractivity contribution in [1.82, 2.24) is 10.2 Å². The number of nitrogens with one attached hydrogen (secondary N) is 1. The number of rotatable bonds is 6. The highest BCUT2D eigenvalue weighted by Gasteiger charge is 2.28. The first-order chi connectivity index (χ1) is 10.7. The van der Waals surface area contributed by atoms with Gasteiger partial charge in [0, 0.05) is 19.3 Å². The van der Waals surface area contributed by atoms with Crippen LogP contribution in [0.3, 0.4) is 0 Å². The molecule has 128 valence electrons. The van der Waals surface area contributed by atoms with E-state index in [0.717, 1.165) is 0 Å². The molecule has 0 aromatic heterocycles. The Hall–Kier alpha value is -2.07. The van der Waals surface area contributed by atoms with Crippen LogP contribution in [0.4, 0.5) is 0 Å². The number of aliphatic carboxylic acids is 1. The van der Waals surface area contributed by atoms with Crippen molar-refractivity contribution in [1.29, 1.82) is 5.26 Å². The maximum atomic E-state index is 12.4. The summed E-state index contributed by atoms with van der Waals surface area (Å²) in [5.74, 6) is -1.23. The van der Waals surface area contributed by atoms with E-state index < -0.39 is 17.9 Å². The standard InChI is InChI=1S/C16H25N3O4/c1-10(2)5-14(16(21)22)18-7-13(6-17)15(20)19-8-11(3)23-12(4)9-19/h7,10-12,14,18H,5,8-9H2,1-4H3,(H,21,22)/b13-7-. The minimum absolute atomic E-state index is 0.0942. The minimum Gasteiger partial charge on any atom is -0.480 e. The van der Waals surface area contributed by atoms with E-state index in [0.29, 0.717) is 19.5 Å². The number of carbonyl (C=O) groups excluding carboxylic acids is 1. The summed E-state index contributed by atoms with van der Waals surface area (Å²) < 4.78 is 5.56. The molecule has 0 spiro atoms. The summed E-state index contributed by atoms with van der Waals surface area (Å²) in [6, 6.07) is 1.02. The van der Waals surface area contributed by atoms with Crippen LogP contribution in [-0.2, 0) is 14.3 Å². The third-order valence-electron chi connectivity index (χ3n) is 3.49. The number of morpholine rings is 1. The van der Waals surface area contributed by atoms with E-state index in [1.165, 1.54) is 6.20 Å². The van der Waals surface area contributed by atoms with Crippen molar-refractivity contribution in [2.75, 3.05) is 13.1 Å². The van der Waals surface area contributed by atoms with E-state index in [4.69, 9.17) is 4.74 Å². The summed E-state index contributed by atoms with van der Waals surface area (Å²) in [6.45, 7) is 8.38. The van der Waals surface area contributed by atoms with Gasteiger partial charge in [-0.25, -0.2) is 4.79 Å². The number of hydrogen-bond donors (Lipinski definition) is 2. The molecule has 1 rings (SSSR count). The molecule has 7 nitrogen and oxygen atoms in total. The average Bonchev–Trinajstić information content (AvgIpc) is 2.44. The summed E-state index contributed by atoms with van der Waals surface area (Å²) in [6.07, 6.45) is 1.44. The van der Waals surface area contributed by atoms with Crippen LogP contribution in [0.25, 0.3) is 0 Å². The minimum atomic E-state index is -1.01. The van der Waals surface area contributed by atoms with Gasteiger partial charge in [-0.15, -0.1) is 0 Å². The summed E-state index contributed by atoms with van der Waals surface area (Å²) in [5, 5.41) is 21.1. The summed E-state index contributed by atoms with van der Waals surface area (Å²) in [4.78, 5) is 25.2. The van der Waals surface area contributed by atoms with Crippen LogP contribution in [-0.4, -0.2) is 53.2 Å². The van der Waals surface area contributed by atoms with Crippen LogP contribution >= 0.6 is 0 Å². The monoisotopic (exact) mass is 323 g/mol. The lowest BCUT2D eigenvalue weighted by molar-refractivity contribution is -0.140. The van der Waals surface area contributed by atoms with Gasteiger partial charge in [0.05, 0.1) is 12.2 Å². The van der Waals surface area contributed by atoms with Crippen LogP contribution in [0.2, 0.25) is 0 Å². The Morgan fingerprint density at radius 3 is 2.39 bits per heavy atom. The number of carboxylic acid groups (broad SMARTS) is 1. The Kier molecular flexibility index (Phi) is 7.04. The lowest BCUT2D eigenvalue weighted by Crippen LogP contribution is -2.48. The smallest absolute Gasteiger partial charge is 0.326 e. The maximum absolute atomic E-state index is 12.4. The zero-order valence-electron chi connectivity index (χ0n) is 14.1. The largest absolute Gasteiger partial charge is 0.480 e. The van der Waals surface area contributed by atoms with E-state index in [-0.39, 0.29) is 23.7 Å². The molecule has 0 bridgehead atoms. The fourth-order valence-corrected chi connectivity index (χ4v) is 2.55. The van der Waals surface area contributed by atoms with Crippen molar-refractivity contribution in [3.05, 3.63) is 11.8 Å². The molecule has 0 radical (unpaired) electrons. The Morgan fingerprint density at radius 1 is 1.39 bits per heavy atom. The number of ether oxygens (including phenoxy) is 1. The lowest BCUT2D eigenvalue weighted by Gasteiger charge is -2.35. The van der Waals surface area contributed by atoms with Gasteiger partial charge < -0.3 is 20.1 Å². The van der Waals surface area contributed by atoms with Crippen molar-refractivity contribution < 1.29 is 19.4 Å². The first-order valence-electron chi connectivity index (χ1n) is 7.78. The van der Waals surface area contributed by atoms with Crippen LogP contribution in [0.15, 0.2) is 11.8 Å². The summed E-state index contributed by atoms with van der Waals surface area (Å²) >= 11 is 0. The van der Waals surface area contributed by atoms with Gasteiger partial charge in [-0.05, 0) is 26.2 Å². The molecular formula is C16H25N3O4. The number of nitrogens with zero attached hydrogens (tertiary/aromatic N) is 2. The first-order valence-corrected chi connectivity index (χ1v) is 7.78. The predicted molar refractivity (Wildman–Crippen MR) is 84.3 cm³/mol. The molecule has 1 saturated heterocycles. The molecule has 1 aliphatic rings. The molecule has 1 aliphatic heterocycles. The zero-order chi connectivity index (χ0) is 17.6. The fraction of sp³-hybridized carbons (Fsp3) is 0.688. The van der Waals surface area contributed by atoms with E-state index in [2.05, 4.69) is 5.32 Å². The molecule has 0 saturated carbocycles. The maximum Gasteiger partial charge on any atom is 0.326 e. The lowest BCUT2D eigenvalue weighted by atomic mass is 10.0. The Balaban J connectivity index is 2.79. The molecule has 3 atom stereocenters. The van der Waals surface area contributed by atoms with Crippen LogP contribution in [0.1, 0.15) is 34.1 Å². The fourth-order valence-electron chi connectivity index (χ4n) is 2.55. The highest BCUT2D eigenvalue weighted by Crippen LogP contribution is 2.13. The summed E-state index contributed by atoms with van der Waals surface area (Å²) in [7, 11) is 0. The SMILES string of the molecule is CC(C)CC(N/C=C(/C#N)C(=O)N1CC(C)OC(C)C1)C(=O)O. The van der Waals surface area contributed by atoms with E-state index in [1.807, 2.05) is 33.8 Å². The zero-order valence-corrected chi connectivity index (χ0v) is 14.1. The van der Waals surface area contributed by atoms with Crippen molar-refractivity contribution in [2.45, 2.75) is 52.4 Å². The molecule has 23 heavy (non-hydrogen) atoms. The van der Waals surface area contributed by atoms with E-state index in [1.54, 1.807) is 4.90 Å². The number of carbonyl (C=O) groups is 2. The third-order valence-corrected chi connectivity index (χ3v) is 3.49. The molecular weight excluding hydrogens is 298 g/mol. The Bertz CT molecular complexity index is 500. The molecule has 3 unspecified atom stereocenters. The number of carboxylic acids is 1. The highest BCUT2D eigenvalue weighted by molar-refractivity contribution is 5.97. The van der Waals surface area contributed by atoms with E-state index >= 15 is 0 Å². The normalized spacial score (nSPS) is 23.3. The molecule has 0 aromatic rings. The van der Waals surface area contributed by atoms with Crippen molar-refractivity contribution in [2.24, 2.45) is 5.92 Å². The number of hydrogen-bond acceptors (Lipinski definition) is 5. The Labute approximate surface area is 136 Å². The van der Waals surface area contributed by atoms with Gasteiger partial charge in [0.1, 0.15) is 17.7 Å². The first kappa shape index (κ1) is 19.0. The molecule has 0 aromatic carbocycles. The number of nitriles is 1.